The first kappa shape index (κ1) is 11.8. The van der Waals surface area contributed by atoms with Crippen molar-refractivity contribution >= 4 is 23.3 Å². The van der Waals surface area contributed by atoms with Gasteiger partial charge in [0.25, 0.3) is 0 Å². The second kappa shape index (κ2) is 6.24. The number of methoxy groups -OCH3 is 1. The van der Waals surface area contributed by atoms with Crippen molar-refractivity contribution in [1.29, 1.82) is 0 Å². The maximum atomic E-state index is 11.5. The van der Waals surface area contributed by atoms with Crippen LogP contribution in [0.25, 0.3) is 0 Å². The summed E-state index contributed by atoms with van der Waals surface area (Å²) in [5.41, 5.74) is 2.49. The Kier molecular flexibility index (Phi) is 4.90. The fourth-order valence-corrected chi connectivity index (χ4v) is 1.40. The zero-order valence-corrected chi connectivity index (χ0v) is 9.53. The van der Waals surface area contributed by atoms with E-state index in [9.17, 15) is 4.79 Å². The fourth-order valence-electron chi connectivity index (χ4n) is 1.15. The van der Waals surface area contributed by atoms with Crippen LogP contribution in [-0.4, -0.2) is 24.9 Å². The summed E-state index contributed by atoms with van der Waals surface area (Å²) >= 11 is 1.45. The lowest BCUT2D eigenvalue weighted by molar-refractivity contribution is -0.142. The molecule has 0 aliphatic heterocycles. The number of aliphatic imine (C=N–C) groups is 1. The van der Waals surface area contributed by atoms with Crippen LogP contribution in [0, 0.1) is 0 Å². The molecule has 0 aliphatic rings. The monoisotopic (exact) mass is 223 g/mol. The molecule has 0 N–H and O–H groups in total. The molecule has 0 aliphatic carbocycles. The van der Waals surface area contributed by atoms with Crippen molar-refractivity contribution in [3.05, 3.63) is 35.9 Å². The van der Waals surface area contributed by atoms with Crippen molar-refractivity contribution < 1.29 is 9.53 Å². The average Bonchev–Trinajstić information content (AvgIpc) is 2.30. The molecule has 80 valence electrons. The standard InChI is InChI=1S/C11H13NO2S/c1-14-11(13)10(12-8-15-2)9-6-4-3-5-7-9/h3-8,10H,1-2H3/b12-8-. The number of esters is 1. The van der Waals surface area contributed by atoms with Crippen molar-refractivity contribution in [3.63, 3.8) is 0 Å². The summed E-state index contributed by atoms with van der Waals surface area (Å²) in [6, 6.07) is 8.82. The van der Waals surface area contributed by atoms with E-state index in [2.05, 4.69) is 4.99 Å². The number of ether oxygens (including phenoxy) is 1. The Morgan fingerprint density at radius 2 is 2.13 bits per heavy atom. The molecule has 4 heteroatoms. The summed E-state index contributed by atoms with van der Waals surface area (Å²) < 4.78 is 4.70. The maximum absolute atomic E-state index is 11.5. The van der Waals surface area contributed by atoms with Crippen molar-refractivity contribution in [1.82, 2.24) is 0 Å². The number of benzene rings is 1. The van der Waals surface area contributed by atoms with Crippen LogP contribution < -0.4 is 0 Å². The molecule has 0 aromatic heterocycles. The van der Waals surface area contributed by atoms with Gasteiger partial charge in [-0.25, -0.2) is 4.79 Å². The Labute approximate surface area is 93.5 Å². The van der Waals surface area contributed by atoms with Gasteiger partial charge < -0.3 is 4.74 Å². The minimum atomic E-state index is -0.552. The van der Waals surface area contributed by atoms with E-state index in [0.717, 1.165) is 5.56 Å². The topological polar surface area (TPSA) is 38.7 Å². The Hall–Kier alpha value is -1.29. The first-order valence-corrected chi connectivity index (χ1v) is 5.75. The summed E-state index contributed by atoms with van der Waals surface area (Å²) in [5.74, 6) is -0.341. The van der Waals surface area contributed by atoms with Crippen LogP contribution in [0.3, 0.4) is 0 Å². The molecule has 1 atom stereocenters. The van der Waals surface area contributed by atoms with E-state index < -0.39 is 6.04 Å². The van der Waals surface area contributed by atoms with Gasteiger partial charge >= 0.3 is 5.97 Å². The summed E-state index contributed by atoms with van der Waals surface area (Å²) in [4.78, 5) is 15.6. The van der Waals surface area contributed by atoms with Crippen LogP contribution in [0.4, 0.5) is 0 Å². The second-order valence-electron chi connectivity index (χ2n) is 2.83. The molecule has 0 radical (unpaired) electrons. The molecule has 0 saturated carbocycles. The van der Waals surface area contributed by atoms with E-state index in [0.29, 0.717) is 0 Å². The third kappa shape index (κ3) is 3.40. The SMILES string of the molecule is COC(=O)C(/N=C\SC)c1ccccc1. The number of thioether (sulfide) groups is 1. The molecule has 0 saturated heterocycles. The van der Waals surface area contributed by atoms with E-state index >= 15 is 0 Å². The molecule has 0 bridgehead atoms. The van der Waals surface area contributed by atoms with Crippen molar-refractivity contribution in [3.8, 4) is 0 Å². The van der Waals surface area contributed by atoms with Crippen LogP contribution >= 0.6 is 11.8 Å². The van der Waals surface area contributed by atoms with Crippen molar-refractivity contribution in [2.45, 2.75) is 6.04 Å². The predicted molar refractivity (Wildman–Crippen MR) is 63.2 cm³/mol. The van der Waals surface area contributed by atoms with Crippen molar-refractivity contribution in [2.75, 3.05) is 13.4 Å². The highest BCUT2D eigenvalue weighted by Crippen LogP contribution is 2.18. The first-order chi connectivity index (χ1) is 7.29. The summed E-state index contributed by atoms with van der Waals surface area (Å²) in [6.45, 7) is 0. The molecule has 0 spiro atoms. The zero-order valence-electron chi connectivity index (χ0n) is 8.71. The summed E-state index contributed by atoms with van der Waals surface area (Å²) in [5, 5.41) is 0. The molecule has 1 aromatic carbocycles. The molecule has 1 rings (SSSR count). The molecular weight excluding hydrogens is 210 g/mol. The lowest BCUT2D eigenvalue weighted by Crippen LogP contribution is -2.12. The number of carbonyl (C=O) groups excluding carboxylic acids is 1. The lowest BCUT2D eigenvalue weighted by atomic mass is 10.1. The number of nitrogens with zero attached hydrogens (tertiary/aromatic N) is 1. The Balaban J connectivity index is 2.91. The van der Waals surface area contributed by atoms with Crippen LogP contribution in [0.1, 0.15) is 11.6 Å². The molecule has 15 heavy (non-hydrogen) atoms. The number of rotatable bonds is 4. The summed E-state index contributed by atoms with van der Waals surface area (Å²) in [7, 11) is 1.37. The zero-order chi connectivity index (χ0) is 11.1. The van der Waals surface area contributed by atoms with E-state index in [-0.39, 0.29) is 5.97 Å². The van der Waals surface area contributed by atoms with Gasteiger partial charge in [0.05, 0.1) is 12.7 Å². The van der Waals surface area contributed by atoms with Gasteiger partial charge in [0, 0.05) is 0 Å². The highest BCUT2D eigenvalue weighted by atomic mass is 32.2. The van der Waals surface area contributed by atoms with Crippen LogP contribution in [0.5, 0.6) is 0 Å². The Bertz CT molecular complexity index is 338. The molecule has 0 heterocycles. The van der Waals surface area contributed by atoms with Gasteiger partial charge in [-0.1, -0.05) is 30.3 Å². The largest absolute Gasteiger partial charge is 0.467 e. The maximum Gasteiger partial charge on any atom is 0.335 e. The quantitative estimate of drug-likeness (QED) is 0.446. The highest BCUT2D eigenvalue weighted by molar-refractivity contribution is 8.11. The number of hydrogen-bond acceptors (Lipinski definition) is 4. The first-order valence-electron chi connectivity index (χ1n) is 4.46. The van der Waals surface area contributed by atoms with Gasteiger partial charge in [-0.2, -0.15) is 0 Å². The molecule has 1 aromatic rings. The van der Waals surface area contributed by atoms with Crippen LogP contribution in [0.15, 0.2) is 35.3 Å². The van der Waals surface area contributed by atoms with Crippen molar-refractivity contribution in [2.24, 2.45) is 4.99 Å². The third-order valence-corrected chi connectivity index (χ3v) is 2.19. The van der Waals surface area contributed by atoms with E-state index in [1.165, 1.54) is 18.9 Å². The van der Waals surface area contributed by atoms with Gasteiger partial charge in [-0.15, -0.1) is 11.8 Å². The van der Waals surface area contributed by atoms with E-state index in [4.69, 9.17) is 4.74 Å². The molecular formula is C11H13NO2S. The molecule has 0 fully saturated rings. The Morgan fingerprint density at radius 1 is 1.47 bits per heavy atom. The minimum absolute atomic E-state index is 0.341. The van der Waals surface area contributed by atoms with Gasteiger partial charge in [0.15, 0.2) is 6.04 Å². The second-order valence-corrected chi connectivity index (χ2v) is 3.51. The predicted octanol–water partition coefficient (Wildman–Crippen LogP) is 2.29. The molecule has 1 unspecified atom stereocenters. The fraction of sp³-hybridized carbons (Fsp3) is 0.273. The van der Waals surface area contributed by atoms with Gasteiger partial charge in [0.2, 0.25) is 0 Å². The minimum Gasteiger partial charge on any atom is -0.467 e. The van der Waals surface area contributed by atoms with Crippen LogP contribution in [-0.2, 0) is 9.53 Å². The van der Waals surface area contributed by atoms with Gasteiger partial charge in [-0.3, -0.25) is 4.99 Å². The normalized spacial score (nSPS) is 12.7. The molecule has 3 nitrogen and oxygen atoms in total. The number of hydrogen-bond donors (Lipinski definition) is 0. The Morgan fingerprint density at radius 3 is 2.67 bits per heavy atom. The molecule has 0 amide bonds. The highest BCUT2D eigenvalue weighted by Gasteiger charge is 2.18. The van der Waals surface area contributed by atoms with E-state index in [1.54, 1.807) is 5.55 Å². The lowest BCUT2D eigenvalue weighted by Gasteiger charge is -2.09. The van der Waals surface area contributed by atoms with Gasteiger partial charge in [-0.05, 0) is 11.8 Å². The van der Waals surface area contributed by atoms with E-state index in [1.807, 2.05) is 36.6 Å². The average molecular weight is 223 g/mol. The third-order valence-electron chi connectivity index (χ3n) is 1.86. The summed E-state index contributed by atoms with van der Waals surface area (Å²) in [6.07, 6.45) is 1.89. The van der Waals surface area contributed by atoms with Gasteiger partial charge in [0.1, 0.15) is 0 Å². The van der Waals surface area contributed by atoms with Crippen LogP contribution in [0.2, 0.25) is 0 Å². The number of carbonyl (C=O) groups is 1. The smallest absolute Gasteiger partial charge is 0.335 e.